The van der Waals surface area contributed by atoms with E-state index in [1.807, 2.05) is 6.92 Å². The summed E-state index contributed by atoms with van der Waals surface area (Å²) in [6.07, 6.45) is 1.45. The van der Waals surface area contributed by atoms with Crippen molar-refractivity contribution in [1.29, 1.82) is 0 Å². The summed E-state index contributed by atoms with van der Waals surface area (Å²) in [6.45, 7) is 2.37. The van der Waals surface area contributed by atoms with Crippen LogP contribution in [0.5, 0.6) is 0 Å². The molecule has 7 heteroatoms. The highest BCUT2D eigenvalue weighted by Gasteiger charge is 2.16. The van der Waals surface area contributed by atoms with Gasteiger partial charge in [-0.05, 0) is 37.0 Å². The van der Waals surface area contributed by atoms with E-state index in [9.17, 15) is 8.42 Å². The Kier molecular flexibility index (Phi) is 6.25. The van der Waals surface area contributed by atoms with E-state index in [0.29, 0.717) is 13.0 Å². The molecule has 0 aliphatic rings. The Morgan fingerprint density at radius 1 is 1.47 bits per heavy atom. The maximum Gasteiger partial charge on any atom is 0.242 e. The standard InChI is InChI=1S/C12H19BrN2O3S/c1-9(8-16)3-2-6-15-19(17,18)12-5-4-10(13)7-11(12)14/h4-5,7,9,15-16H,2-3,6,8,14H2,1H3. The van der Waals surface area contributed by atoms with Gasteiger partial charge in [0.2, 0.25) is 10.0 Å². The van der Waals surface area contributed by atoms with E-state index in [0.717, 1.165) is 10.9 Å². The van der Waals surface area contributed by atoms with E-state index in [-0.39, 0.29) is 23.1 Å². The van der Waals surface area contributed by atoms with Gasteiger partial charge in [0, 0.05) is 17.6 Å². The van der Waals surface area contributed by atoms with Crippen LogP contribution in [0.3, 0.4) is 0 Å². The first-order chi connectivity index (χ1) is 8.86. The second-order valence-corrected chi connectivity index (χ2v) is 7.16. The van der Waals surface area contributed by atoms with Gasteiger partial charge in [0.05, 0.1) is 5.69 Å². The average Bonchev–Trinajstić information content (AvgIpc) is 2.33. The van der Waals surface area contributed by atoms with Crippen molar-refractivity contribution >= 4 is 31.6 Å². The highest BCUT2D eigenvalue weighted by Crippen LogP contribution is 2.22. The van der Waals surface area contributed by atoms with Crippen molar-refractivity contribution < 1.29 is 13.5 Å². The van der Waals surface area contributed by atoms with Crippen LogP contribution in [0, 0.1) is 5.92 Å². The van der Waals surface area contributed by atoms with Gasteiger partial charge < -0.3 is 10.8 Å². The Balaban J connectivity index is 2.61. The Morgan fingerprint density at radius 3 is 2.74 bits per heavy atom. The van der Waals surface area contributed by atoms with Gasteiger partial charge in [0.1, 0.15) is 4.90 Å². The van der Waals surface area contributed by atoms with Crippen molar-refractivity contribution in [3.8, 4) is 0 Å². The number of aliphatic hydroxyl groups is 1. The van der Waals surface area contributed by atoms with E-state index in [1.54, 1.807) is 12.1 Å². The quantitative estimate of drug-likeness (QED) is 0.515. The van der Waals surface area contributed by atoms with Crippen LogP contribution in [0.4, 0.5) is 5.69 Å². The molecule has 1 rings (SSSR count). The lowest BCUT2D eigenvalue weighted by Crippen LogP contribution is -2.26. The van der Waals surface area contributed by atoms with Gasteiger partial charge in [-0.15, -0.1) is 0 Å². The van der Waals surface area contributed by atoms with Crippen molar-refractivity contribution in [3.63, 3.8) is 0 Å². The Labute approximate surface area is 122 Å². The van der Waals surface area contributed by atoms with Crippen LogP contribution in [0.25, 0.3) is 0 Å². The zero-order valence-electron chi connectivity index (χ0n) is 10.8. The molecule has 4 N–H and O–H groups in total. The van der Waals surface area contributed by atoms with E-state index < -0.39 is 10.0 Å². The van der Waals surface area contributed by atoms with E-state index >= 15 is 0 Å². The molecule has 0 radical (unpaired) electrons. The molecule has 0 saturated carbocycles. The molecule has 0 amide bonds. The van der Waals surface area contributed by atoms with Crippen LogP contribution in [0.15, 0.2) is 27.6 Å². The first-order valence-corrected chi connectivity index (χ1v) is 8.30. The van der Waals surface area contributed by atoms with Crippen LogP contribution < -0.4 is 10.5 Å². The summed E-state index contributed by atoms with van der Waals surface area (Å²) in [4.78, 5) is 0.0888. The summed E-state index contributed by atoms with van der Waals surface area (Å²) in [5, 5.41) is 8.87. The monoisotopic (exact) mass is 350 g/mol. The summed E-state index contributed by atoms with van der Waals surface area (Å²) >= 11 is 3.23. The molecule has 0 heterocycles. The van der Waals surface area contributed by atoms with Gasteiger partial charge in [-0.2, -0.15) is 0 Å². The number of nitrogens with one attached hydrogen (secondary N) is 1. The summed E-state index contributed by atoms with van der Waals surface area (Å²) in [6, 6.07) is 4.67. The SMILES string of the molecule is CC(CO)CCCNS(=O)(=O)c1ccc(Br)cc1N. The van der Waals surface area contributed by atoms with Crippen LogP contribution in [0.1, 0.15) is 19.8 Å². The van der Waals surface area contributed by atoms with Gasteiger partial charge in [-0.1, -0.05) is 22.9 Å². The summed E-state index contributed by atoms with van der Waals surface area (Å²) in [7, 11) is -3.57. The third kappa shape index (κ3) is 5.10. The summed E-state index contributed by atoms with van der Waals surface area (Å²) in [5.41, 5.74) is 5.91. The summed E-state index contributed by atoms with van der Waals surface area (Å²) in [5.74, 6) is 0.183. The first kappa shape index (κ1) is 16.4. The third-order valence-electron chi connectivity index (χ3n) is 2.74. The molecule has 0 spiro atoms. The largest absolute Gasteiger partial charge is 0.398 e. The fourth-order valence-corrected chi connectivity index (χ4v) is 3.15. The second-order valence-electron chi connectivity index (χ2n) is 4.51. The molecule has 0 aromatic heterocycles. The van der Waals surface area contributed by atoms with Gasteiger partial charge in [0.15, 0.2) is 0 Å². The molecule has 0 aliphatic heterocycles. The number of nitrogens with two attached hydrogens (primary N) is 1. The predicted octanol–water partition coefficient (Wildman–Crippen LogP) is 1.72. The molecule has 1 unspecified atom stereocenters. The Hall–Kier alpha value is -0.630. The fourth-order valence-electron chi connectivity index (χ4n) is 1.59. The maximum atomic E-state index is 12.0. The molecule has 1 atom stereocenters. The fraction of sp³-hybridized carbons (Fsp3) is 0.500. The smallest absolute Gasteiger partial charge is 0.242 e. The van der Waals surface area contributed by atoms with Crippen LogP contribution in [-0.2, 0) is 10.0 Å². The molecule has 0 fully saturated rings. The number of hydrogen-bond donors (Lipinski definition) is 3. The van der Waals surface area contributed by atoms with Crippen molar-refractivity contribution in [3.05, 3.63) is 22.7 Å². The number of hydrogen-bond acceptors (Lipinski definition) is 4. The van der Waals surface area contributed by atoms with Gasteiger partial charge in [-0.3, -0.25) is 0 Å². The molecule has 1 aromatic rings. The van der Waals surface area contributed by atoms with Crippen molar-refractivity contribution in [2.75, 3.05) is 18.9 Å². The Morgan fingerprint density at radius 2 is 2.16 bits per heavy atom. The summed E-state index contributed by atoms with van der Waals surface area (Å²) < 4.78 is 27.3. The average molecular weight is 351 g/mol. The number of benzene rings is 1. The van der Waals surface area contributed by atoms with Gasteiger partial charge in [0.25, 0.3) is 0 Å². The minimum Gasteiger partial charge on any atom is -0.398 e. The minimum atomic E-state index is -3.57. The number of halogens is 1. The molecule has 0 saturated heterocycles. The number of sulfonamides is 1. The molecule has 0 aliphatic carbocycles. The molecule has 1 aromatic carbocycles. The highest BCUT2D eigenvalue weighted by atomic mass is 79.9. The lowest BCUT2D eigenvalue weighted by atomic mass is 10.1. The van der Waals surface area contributed by atoms with Crippen LogP contribution in [-0.4, -0.2) is 26.7 Å². The molecule has 0 bridgehead atoms. The van der Waals surface area contributed by atoms with Crippen molar-refractivity contribution in [1.82, 2.24) is 4.72 Å². The molecule has 19 heavy (non-hydrogen) atoms. The molecule has 108 valence electrons. The van der Waals surface area contributed by atoms with Crippen LogP contribution in [0.2, 0.25) is 0 Å². The topological polar surface area (TPSA) is 92.4 Å². The second kappa shape index (κ2) is 7.23. The van der Waals surface area contributed by atoms with Gasteiger partial charge >= 0.3 is 0 Å². The van der Waals surface area contributed by atoms with Crippen LogP contribution >= 0.6 is 15.9 Å². The number of nitrogen functional groups attached to an aromatic ring is 1. The number of anilines is 1. The predicted molar refractivity (Wildman–Crippen MR) is 79.2 cm³/mol. The van der Waals surface area contributed by atoms with Crippen molar-refractivity contribution in [2.45, 2.75) is 24.7 Å². The van der Waals surface area contributed by atoms with Crippen molar-refractivity contribution in [2.24, 2.45) is 5.92 Å². The Bertz CT molecular complexity index is 520. The zero-order valence-corrected chi connectivity index (χ0v) is 13.2. The lowest BCUT2D eigenvalue weighted by molar-refractivity contribution is 0.228. The van der Waals surface area contributed by atoms with Gasteiger partial charge in [-0.25, -0.2) is 13.1 Å². The third-order valence-corrected chi connectivity index (χ3v) is 4.77. The van der Waals surface area contributed by atoms with E-state index in [1.165, 1.54) is 6.07 Å². The maximum absolute atomic E-state index is 12.0. The first-order valence-electron chi connectivity index (χ1n) is 6.02. The number of rotatable bonds is 7. The normalized spacial score (nSPS) is 13.4. The molecular weight excluding hydrogens is 332 g/mol. The minimum absolute atomic E-state index is 0.0888. The highest BCUT2D eigenvalue weighted by molar-refractivity contribution is 9.10. The number of aliphatic hydroxyl groups excluding tert-OH is 1. The molecule has 5 nitrogen and oxygen atoms in total. The van der Waals surface area contributed by atoms with E-state index in [2.05, 4.69) is 20.7 Å². The van der Waals surface area contributed by atoms with E-state index in [4.69, 9.17) is 10.8 Å². The lowest BCUT2D eigenvalue weighted by Gasteiger charge is -2.10. The zero-order chi connectivity index (χ0) is 14.5. The molecular formula is C12H19BrN2O3S.